The number of ether oxygens (including phenoxy) is 1. The number of amides is 2. The minimum Gasteiger partial charge on any atom is -0.464 e. The Balaban J connectivity index is 1.85. The van der Waals surface area contributed by atoms with Crippen LogP contribution in [0.2, 0.25) is 5.02 Å². The molecule has 1 unspecified atom stereocenters. The molecule has 2 amide bonds. The van der Waals surface area contributed by atoms with Crippen LogP contribution in [0.3, 0.4) is 0 Å². The number of carbonyl (C=O) groups excluding carboxylic acids is 2. The van der Waals surface area contributed by atoms with Gasteiger partial charge in [-0.25, -0.2) is 4.98 Å². The normalized spacial score (nSPS) is 19.6. The fourth-order valence-corrected chi connectivity index (χ4v) is 2.12. The Morgan fingerprint density at radius 1 is 1.32 bits per heavy atom. The summed E-state index contributed by atoms with van der Waals surface area (Å²) in [5.74, 6) is -0.521. The molecule has 2 aromatic rings. The van der Waals surface area contributed by atoms with E-state index in [2.05, 4.69) is 15.6 Å². The van der Waals surface area contributed by atoms with Crippen molar-refractivity contribution in [1.29, 1.82) is 0 Å². The molecule has 1 aliphatic heterocycles. The van der Waals surface area contributed by atoms with Gasteiger partial charge >= 0.3 is 0 Å². The number of halogens is 1. The molecule has 0 saturated carbocycles. The molecule has 1 aromatic carbocycles. The number of aromatic nitrogens is 1. The van der Waals surface area contributed by atoms with Gasteiger partial charge in [0.15, 0.2) is 11.6 Å². The average molecular weight is 318 g/mol. The summed E-state index contributed by atoms with van der Waals surface area (Å²) in [4.78, 5) is 28.6. The van der Waals surface area contributed by atoms with E-state index in [4.69, 9.17) is 16.3 Å². The molecule has 2 N–H and O–H groups in total. The number of nitrogens with zero attached hydrogens (tertiary/aromatic N) is 1. The van der Waals surface area contributed by atoms with Crippen LogP contribution in [0.25, 0.3) is 0 Å². The van der Waals surface area contributed by atoms with Crippen molar-refractivity contribution in [2.75, 3.05) is 10.6 Å². The van der Waals surface area contributed by atoms with Gasteiger partial charge in [-0.05, 0) is 43.3 Å². The predicted molar refractivity (Wildman–Crippen MR) is 82.0 cm³/mol. The van der Waals surface area contributed by atoms with Crippen LogP contribution in [-0.4, -0.2) is 22.4 Å². The van der Waals surface area contributed by atoms with Crippen LogP contribution >= 0.6 is 11.6 Å². The van der Waals surface area contributed by atoms with Crippen LogP contribution in [0.1, 0.15) is 6.92 Å². The Morgan fingerprint density at radius 3 is 2.77 bits per heavy atom. The minimum atomic E-state index is -1.68. The predicted octanol–water partition coefficient (Wildman–Crippen LogP) is 2.46. The highest BCUT2D eigenvalue weighted by Gasteiger charge is 2.47. The largest absolute Gasteiger partial charge is 0.464 e. The summed E-state index contributed by atoms with van der Waals surface area (Å²) in [5.41, 5.74) is -1.17. The van der Waals surface area contributed by atoms with Gasteiger partial charge < -0.3 is 15.4 Å². The van der Waals surface area contributed by atoms with Crippen molar-refractivity contribution >= 4 is 34.9 Å². The van der Waals surface area contributed by atoms with Crippen LogP contribution in [-0.2, 0) is 9.59 Å². The number of benzene rings is 1. The maximum Gasteiger partial charge on any atom is 0.279 e. The molecule has 0 saturated heterocycles. The topological polar surface area (TPSA) is 80.3 Å². The summed E-state index contributed by atoms with van der Waals surface area (Å²) in [7, 11) is 0. The van der Waals surface area contributed by atoms with E-state index in [9.17, 15) is 9.59 Å². The van der Waals surface area contributed by atoms with Gasteiger partial charge in [0, 0.05) is 16.9 Å². The summed E-state index contributed by atoms with van der Waals surface area (Å²) in [5, 5.41) is 5.76. The molecule has 112 valence electrons. The third kappa shape index (κ3) is 2.48. The number of nitrogens with one attached hydrogen (secondary N) is 2. The van der Waals surface area contributed by atoms with Gasteiger partial charge in [0.25, 0.3) is 17.4 Å². The maximum atomic E-state index is 12.4. The molecule has 3 rings (SSSR count). The highest BCUT2D eigenvalue weighted by molar-refractivity contribution is 6.30. The second-order valence-corrected chi connectivity index (χ2v) is 5.34. The first kappa shape index (κ1) is 14.3. The van der Waals surface area contributed by atoms with Gasteiger partial charge in [-0.2, -0.15) is 0 Å². The second-order valence-electron chi connectivity index (χ2n) is 4.90. The van der Waals surface area contributed by atoms with Gasteiger partial charge in [-0.3, -0.25) is 9.59 Å². The Bertz CT molecular complexity index is 748. The number of fused-ring (bicyclic) bond motifs is 1. The van der Waals surface area contributed by atoms with Crippen LogP contribution in [0.4, 0.5) is 11.5 Å². The fraction of sp³-hybridized carbons (Fsp3) is 0.133. The molecule has 0 spiro atoms. The minimum absolute atomic E-state index is 0.296. The second kappa shape index (κ2) is 5.31. The van der Waals surface area contributed by atoms with E-state index in [1.807, 2.05) is 0 Å². The highest BCUT2D eigenvalue weighted by Crippen LogP contribution is 2.32. The zero-order chi connectivity index (χ0) is 15.7. The number of rotatable bonds is 2. The molecule has 1 aromatic heterocycles. The Kier molecular flexibility index (Phi) is 3.46. The zero-order valence-electron chi connectivity index (χ0n) is 11.6. The summed E-state index contributed by atoms with van der Waals surface area (Å²) < 4.78 is 5.58. The van der Waals surface area contributed by atoms with E-state index < -0.39 is 17.4 Å². The number of anilines is 2. The van der Waals surface area contributed by atoms with E-state index in [-0.39, 0.29) is 0 Å². The first-order valence-electron chi connectivity index (χ1n) is 6.51. The van der Waals surface area contributed by atoms with E-state index in [1.165, 1.54) is 13.1 Å². The van der Waals surface area contributed by atoms with E-state index in [0.29, 0.717) is 22.3 Å². The first-order valence-corrected chi connectivity index (χ1v) is 6.89. The molecule has 0 fully saturated rings. The summed E-state index contributed by atoms with van der Waals surface area (Å²) in [6, 6.07) is 9.85. The van der Waals surface area contributed by atoms with Crippen molar-refractivity contribution in [3.8, 4) is 5.75 Å². The monoisotopic (exact) mass is 317 g/mol. The number of hydrogen-bond donors (Lipinski definition) is 2. The van der Waals surface area contributed by atoms with Crippen molar-refractivity contribution in [2.45, 2.75) is 12.5 Å². The van der Waals surface area contributed by atoms with Crippen LogP contribution in [0.15, 0.2) is 42.6 Å². The lowest BCUT2D eigenvalue weighted by Crippen LogP contribution is -2.56. The highest BCUT2D eigenvalue weighted by atomic mass is 35.5. The van der Waals surface area contributed by atoms with Crippen molar-refractivity contribution in [1.82, 2.24) is 4.98 Å². The fourth-order valence-electron chi connectivity index (χ4n) is 1.99. The van der Waals surface area contributed by atoms with E-state index >= 15 is 0 Å². The molecule has 1 aliphatic rings. The molecular weight excluding hydrogens is 306 g/mol. The average Bonchev–Trinajstić information content (AvgIpc) is 2.50. The van der Waals surface area contributed by atoms with Gasteiger partial charge in [0.05, 0.1) is 0 Å². The third-order valence-electron chi connectivity index (χ3n) is 3.29. The van der Waals surface area contributed by atoms with E-state index in [1.54, 1.807) is 36.4 Å². The quantitative estimate of drug-likeness (QED) is 0.834. The van der Waals surface area contributed by atoms with Gasteiger partial charge in [0.2, 0.25) is 0 Å². The summed E-state index contributed by atoms with van der Waals surface area (Å²) in [6.07, 6.45) is 1.53. The smallest absolute Gasteiger partial charge is 0.279 e. The molecule has 0 radical (unpaired) electrons. The lowest BCUT2D eigenvalue weighted by molar-refractivity contribution is -0.143. The van der Waals surface area contributed by atoms with Crippen molar-refractivity contribution in [3.63, 3.8) is 0 Å². The van der Waals surface area contributed by atoms with Gasteiger partial charge in [0.1, 0.15) is 0 Å². The molecular formula is C15H12ClN3O3. The molecule has 1 atom stereocenters. The Morgan fingerprint density at radius 2 is 2.05 bits per heavy atom. The summed E-state index contributed by atoms with van der Waals surface area (Å²) in [6.45, 7) is 1.41. The van der Waals surface area contributed by atoms with Gasteiger partial charge in [-0.15, -0.1) is 0 Å². The van der Waals surface area contributed by atoms with Gasteiger partial charge in [-0.1, -0.05) is 11.6 Å². The maximum absolute atomic E-state index is 12.4. The zero-order valence-corrected chi connectivity index (χ0v) is 12.3. The Labute approximate surface area is 131 Å². The van der Waals surface area contributed by atoms with Crippen molar-refractivity contribution < 1.29 is 14.3 Å². The number of pyridine rings is 1. The Hall–Kier alpha value is -2.60. The van der Waals surface area contributed by atoms with Crippen LogP contribution < -0.4 is 15.4 Å². The van der Waals surface area contributed by atoms with E-state index in [0.717, 1.165) is 0 Å². The molecule has 6 nitrogen and oxygen atoms in total. The van der Waals surface area contributed by atoms with Crippen LogP contribution in [0.5, 0.6) is 5.75 Å². The van der Waals surface area contributed by atoms with Crippen molar-refractivity contribution in [2.24, 2.45) is 0 Å². The van der Waals surface area contributed by atoms with Crippen LogP contribution in [0, 0.1) is 0 Å². The number of carbonyl (C=O) groups is 2. The van der Waals surface area contributed by atoms with Crippen molar-refractivity contribution in [3.05, 3.63) is 47.6 Å². The number of hydrogen-bond acceptors (Lipinski definition) is 4. The lowest BCUT2D eigenvalue weighted by atomic mass is 10.0. The molecule has 0 bridgehead atoms. The first-order chi connectivity index (χ1) is 10.5. The third-order valence-corrected chi connectivity index (χ3v) is 3.54. The summed E-state index contributed by atoms with van der Waals surface area (Å²) >= 11 is 5.80. The molecule has 7 heteroatoms. The lowest BCUT2D eigenvalue weighted by Gasteiger charge is -2.32. The molecule has 22 heavy (non-hydrogen) atoms. The molecule has 0 aliphatic carbocycles. The standard InChI is InChI=1S/C15H12ClN3O3/c1-15(13(20)18-10-6-4-9(16)5-7-10)14(21)19-12-11(22-15)3-2-8-17-12/h2-8H,1H3,(H,18,20)(H,17,19,21). The molecule has 2 heterocycles. The SMILES string of the molecule is CC1(C(=O)Nc2ccc(Cl)cc2)Oc2cccnc2NC1=O.